The molecule has 0 spiro atoms. The van der Waals surface area contributed by atoms with Crippen molar-refractivity contribution >= 4 is 11.6 Å². The van der Waals surface area contributed by atoms with Gasteiger partial charge in [0.2, 0.25) is 5.91 Å². The second-order valence-electron chi connectivity index (χ2n) is 2.94. The highest BCUT2D eigenvalue weighted by Crippen LogP contribution is 2.09. The molecule has 0 saturated heterocycles. The smallest absolute Gasteiger partial charge is 0.248 e. The molecule has 14 heavy (non-hydrogen) atoms. The van der Waals surface area contributed by atoms with Crippen molar-refractivity contribution in [3.8, 4) is 6.07 Å². The Morgan fingerprint density at radius 2 is 2.07 bits per heavy atom. The molecule has 1 aromatic rings. The van der Waals surface area contributed by atoms with Gasteiger partial charge in [-0.25, -0.2) is 0 Å². The summed E-state index contributed by atoms with van der Waals surface area (Å²) in [6, 6.07) is 8.46. The Morgan fingerprint density at radius 1 is 1.50 bits per heavy atom. The molecular weight excluding hydrogens is 178 g/mol. The predicted octanol–water partition coefficient (Wildman–Crippen LogP) is 1.11. The molecule has 1 rings (SSSR count). The first-order valence-electron chi connectivity index (χ1n) is 4.19. The first-order chi connectivity index (χ1) is 6.63. The Balaban J connectivity index is 2.75. The summed E-state index contributed by atoms with van der Waals surface area (Å²) in [5.74, 6) is -0.454. The third kappa shape index (κ3) is 2.49. The standard InChI is InChI=1S/C10H11N3O/c1-7(6-11)13-9-4-2-8(3-5-9)10(12)14/h2-5,7,13H,1H3,(H2,12,14). The van der Waals surface area contributed by atoms with E-state index < -0.39 is 5.91 Å². The van der Waals surface area contributed by atoms with Crippen LogP contribution in [-0.4, -0.2) is 11.9 Å². The molecule has 0 aliphatic rings. The van der Waals surface area contributed by atoms with Crippen LogP contribution in [0.1, 0.15) is 17.3 Å². The molecule has 0 heterocycles. The number of anilines is 1. The number of rotatable bonds is 3. The van der Waals surface area contributed by atoms with Gasteiger partial charge in [-0.15, -0.1) is 0 Å². The fraction of sp³-hybridized carbons (Fsp3) is 0.200. The van der Waals surface area contributed by atoms with Crippen molar-refractivity contribution in [2.45, 2.75) is 13.0 Å². The normalized spacial score (nSPS) is 11.4. The number of primary amides is 1. The van der Waals surface area contributed by atoms with E-state index >= 15 is 0 Å². The summed E-state index contributed by atoms with van der Waals surface area (Å²) >= 11 is 0. The molecule has 1 amide bonds. The highest BCUT2D eigenvalue weighted by Gasteiger charge is 2.01. The van der Waals surface area contributed by atoms with Gasteiger partial charge in [-0.3, -0.25) is 4.79 Å². The maximum Gasteiger partial charge on any atom is 0.248 e. The third-order valence-corrected chi connectivity index (χ3v) is 1.75. The highest BCUT2D eigenvalue weighted by molar-refractivity contribution is 5.93. The predicted molar refractivity (Wildman–Crippen MR) is 53.7 cm³/mol. The number of nitrogens with zero attached hydrogens (tertiary/aromatic N) is 1. The maximum absolute atomic E-state index is 10.7. The Labute approximate surface area is 82.3 Å². The van der Waals surface area contributed by atoms with Crippen molar-refractivity contribution in [1.82, 2.24) is 0 Å². The molecule has 0 aliphatic heterocycles. The largest absolute Gasteiger partial charge is 0.370 e. The number of amides is 1. The van der Waals surface area contributed by atoms with Gasteiger partial charge in [0.1, 0.15) is 6.04 Å². The molecule has 0 saturated carbocycles. The lowest BCUT2D eigenvalue weighted by molar-refractivity contribution is 0.100. The van der Waals surface area contributed by atoms with Crippen LogP contribution in [0.5, 0.6) is 0 Å². The summed E-state index contributed by atoms with van der Waals surface area (Å²) in [5, 5.41) is 11.5. The first-order valence-corrected chi connectivity index (χ1v) is 4.19. The molecule has 0 bridgehead atoms. The average Bonchev–Trinajstić information content (AvgIpc) is 2.18. The molecule has 4 nitrogen and oxygen atoms in total. The molecule has 0 aromatic heterocycles. The van der Waals surface area contributed by atoms with Gasteiger partial charge in [-0.2, -0.15) is 5.26 Å². The van der Waals surface area contributed by atoms with E-state index in [9.17, 15) is 4.79 Å². The van der Waals surface area contributed by atoms with Crippen LogP contribution in [0.4, 0.5) is 5.69 Å². The van der Waals surface area contributed by atoms with E-state index in [1.165, 1.54) is 0 Å². The van der Waals surface area contributed by atoms with Crippen LogP contribution < -0.4 is 11.1 Å². The molecule has 3 N–H and O–H groups in total. The lowest BCUT2D eigenvalue weighted by atomic mass is 10.2. The molecule has 4 heteroatoms. The van der Waals surface area contributed by atoms with Crippen LogP contribution in [0, 0.1) is 11.3 Å². The van der Waals surface area contributed by atoms with Gasteiger partial charge in [-0.05, 0) is 31.2 Å². The monoisotopic (exact) mass is 189 g/mol. The van der Waals surface area contributed by atoms with Crippen LogP contribution >= 0.6 is 0 Å². The Morgan fingerprint density at radius 3 is 2.50 bits per heavy atom. The zero-order valence-corrected chi connectivity index (χ0v) is 7.82. The zero-order chi connectivity index (χ0) is 10.6. The summed E-state index contributed by atoms with van der Waals surface area (Å²) in [5.41, 5.74) is 6.33. The summed E-state index contributed by atoms with van der Waals surface area (Å²) < 4.78 is 0. The minimum Gasteiger partial charge on any atom is -0.370 e. The Bertz CT molecular complexity index is 364. The van der Waals surface area contributed by atoms with Crippen LogP contribution in [-0.2, 0) is 0 Å². The van der Waals surface area contributed by atoms with Gasteiger partial charge in [0.05, 0.1) is 6.07 Å². The molecule has 1 aromatic carbocycles. The molecular formula is C10H11N3O. The molecule has 0 radical (unpaired) electrons. The molecule has 1 atom stereocenters. The fourth-order valence-electron chi connectivity index (χ4n) is 1.01. The van der Waals surface area contributed by atoms with Crippen molar-refractivity contribution < 1.29 is 4.79 Å². The topological polar surface area (TPSA) is 78.9 Å². The average molecular weight is 189 g/mol. The van der Waals surface area contributed by atoms with Crippen LogP contribution in [0.2, 0.25) is 0 Å². The minimum absolute atomic E-state index is 0.255. The number of nitriles is 1. The third-order valence-electron chi connectivity index (χ3n) is 1.75. The van der Waals surface area contributed by atoms with Crippen LogP contribution in [0.15, 0.2) is 24.3 Å². The van der Waals surface area contributed by atoms with Crippen molar-refractivity contribution in [1.29, 1.82) is 5.26 Å². The van der Waals surface area contributed by atoms with E-state index in [0.717, 1.165) is 5.69 Å². The molecule has 0 fully saturated rings. The second kappa shape index (κ2) is 4.28. The van der Waals surface area contributed by atoms with E-state index in [0.29, 0.717) is 5.56 Å². The summed E-state index contributed by atoms with van der Waals surface area (Å²) in [4.78, 5) is 10.7. The summed E-state index contributed by atoms with van der Waals surface area (Å²) in [6.45, 7) is 1.75. The van der Waals surface area contributed by atoms with Gasteiger partial charge in [0, 0.05) is 11.3 Å². The van der Waals surface area contributed by atoms with E-state index in [1.54, 1.807) is 31.2 Å². The lowest BCUT2D eigenvalue weighted by Crippen LogP contribution is -2.13. The summed E-state index contributed by atoms with van der Waals surface area (Å²) in [6.07, 6.45) is 0. The first kappa shape index (κ1) is 10.1. The zero-order valence-electron chi connectivity index (χ0n) is 7.82. The van der Waals surface area contributed by atoms with Gasteiger partial charge in [0.25, 0.3) is 0 Å². The van der Waals surface area contributed by atoms with Gasteiger partial charge < -0.3 is 11.1 Å². The molecule has 1 unspecified atom stereocenters. The van der Waals surface area contributed by atoms with Gasteiger partial charge in [-0.1, -0.05) is 0 Å². The Kier molecular flexibility index (Phi) is 3.08. The number of benzene rings is 1. The van der Waals surface area contributed by atoms with Gasteiger partial charge in [0.15, 0.2) is 0 Å². The van der Waals surface area contributed by atoms with Crippen LogP contribution in [0.25, 0.3) is 0 Å². The van der Waals surface area contributed by atoms with E-state index in [2.05, 4.69) is 5.32 Å². The second-order valence-corrected chi connectivity index (χ2v) is 2.94. The number of hydrogen-bond donors (Lipinski definition) is 2. The fourth-order valence-corrected chi connectivity index (χ4v) is 1.01. The minimum atomic E-state index is -0.454. The molecule has 72 valence electrons. The number of hydrogen-bond acceptors (Lipinski definition) is 3. The number of carbonyl (C=O) groups excluding carboxylic acids is 1. The van der Waals surface area contributed by atoms with Crippen molar-refractivity contribution in [3.05, 3.63) is 29.8 Å². The van der Waals surface area contributed by atoms with Crippen molar-refractivity contribution in [3.63, 3.8) is 0 Å². The highest BCUT2D eigenvalue weighted by atomic mass is 16.1. The van der Waals surface area contributed by atoms with E-state index in [-0.39, 0.29) is 6.04 Å². The molecule has 0 aliphatic carbocycles. The summed E-state index contributed by atoms with van der Waals surface area (Å²) in [7, 11) is 0. The Hall–Kier alpha value is -2.02. The van der Waals surface area contributed by atoms with Crippen molar-refractivity contribution in [2.24, 2.45) is 5.73 Å². The number of nitrogens with two attached hydrogens (primary N) is 1. The number of nitrogens with one attached hydrogen (secondary N) is 1. The number of carbonyl (C=O) groups is 1. The maximum atomic E-state index is 10.7. The van der Waals surface area contributed by atoms with E-state index in [4.69, 9.17) is 11.0 Å². The van der Waals surface area contributed by atoms with Gasteiger partial charge >= 0.3 is 0 Å². The van der Waals surface area contributed by atoms with Crippen LogP contribution in [0.3, 0.4) is 0 Å². The van der Waals surface area contributed by atoms with Crippen molar-refractivity contribution in [2.75, 3.05) is 5.32 Å². The quantitative estimate of drug-likeness (QED) is 0.747. The van der Waals surface area contributed by atoms with E-state index in [1.807, 2.05) is 6.07 Å². The SMILES string of the molecule is CC(C#N)Nc1ccc(C(N)=O)cc1. The lowest BCUT2D eigenvalue weighted by Gasteiger charge is -2.07.